The van der Waals surface area contributed by atoms with E-state index in [4.69, 9.17) is 4.74 Å². The van der Waals surface area contributed by atoms with Crippen LogP contribution in [0.15, 0.2) is 83.7 Å². The summed E-state index contributed by atoms with van der Waals surface area (Å²) in [5.74, 6) is -1.52. The van der Waals surface area contributed by atoms with Crippen LogP contribution in [0.1, 0.15) is 42.6 Å². The van der Waals surface area contributed by atoms with Gasteiger partial charge in [-0.2, -0.15) is 0 Å². The van der Waals surface area contributed by atoms with Crippen LogP contribution in [0, 0.1) is 0 Å². The van der Waals surface area contributed by atoms with E-state index < -0.39 is 24.1 Å². The van der Waals surface area contributed by atoms with E-state index >= 15 is 0 Å². The monoisotopic (exact) mass is 528 g/mol. The number of rotatable bonds is 9. The number of para-hydroxylation sites is 1. The van der Waals surface area contributed by atoms with Crippen LogP contribution in [0.3, 0.4) is 0 Å². The molecule has 0 saturated heterocycles. The number of carboxylic acid groups (broad SMARTS) is 1. The number of anilines is 2. The minimum Gasteiger partial charge on any atom is -0.481 e. The van der Waals surface area contributed by atoms with Crippen molar-refractivity contribution < 1.29 is 19.4 Å². The van der Waals surface area contributed by atoms with Crippen LogP contribution in [0.5, 0.6) is 0 Å². The molecule has 9 nitrogen and oxygen atoms in total. The van der Waals surface area contributed by atoms with E-state index in [2.05, 4.69) is 10.6 Å². The highest BCUT2D eigenvalue weighted by Crippen LogP contribution is 2.28. The summed E-state index contributed by atoms with van der Waals surface area (Å²) in [5, 5.41) is 15.4. The van der Waals surface area contributed by atoms with Crippen molar-refractivity contribution in [3.63, 3.8) is 0 Å². The number of carboxylic acids is 1. The van der Waals surface area contributed by atoms with Crippen LogP contribution in [0.4, 0.5) is 16.2 Å². The maximum absolute atomic E-state index is 13.0. The van der Waals surface area contributed by atoms with Crippen molar-refractivity contribution >= 4 is 23.4 Å². The van der Waals surface area contributed by atoms with E-state index in [1.54, 1.807) is 38.7 Å². The molecule has 9 heteroatoms. The highest BCUT2D eigenvalue weighted by Gasteiger charge is 2.22. The van der Waals surface area contributed by atoms with Gasteiger partial charge in [-0.15, -0.1) is 0 Å². The number of benzene rings is 3. The molecule has 0 saturated carbocycles. The zero-order chi connectivity index (χ0) is 28.1. The number of aliphatic carboxylic acids is 1. The van der Waals surface area contributed by atoms with E-state index in [9.17, 15) is 19.5 Å². The number of nitrogens with one attached hydrogen (secondary N) is 2. The second-order valence-electron chi connectivity index (χ2n) is 9.36. The summed E-state index contributed by atoms with van der Waals surface area (Å²) in [7, 11) is 3.37. The third kappa shape index (κ3) is 6.04. The van der Waals surface area contributed by atoms with Gasteiger partial charge in [0.25, 0.3) is 5.56 Å². The molecule has 0 aliphatic rings. The van der Waals surface area contributed by atoms with Gasteiger partial charge >= 0.3 is 12.1 Å². The predicted octanol–water partition coefficient (Wildman–Crippen LogP) is 5.50. The van der Waals surface area contributed by atoms with Crippen molar-refractivity contribution in [2.75, 3.05) is 10.6 Å². The summed E-state index contributed by atoms with van der Waals surface area (Å²) in [6.45, 7) is 3.91. The van der Waals surface area contributed by atoms with E-state index in [0.29, 0.717) is 17.8 Å². The molecule has 0 aliphatic carbocycles. The Morgan fingerprint density at radius 3 is 2.21 bits per heavy atom. The Balaban J connectivity index is 1.51. The first kappa shape index (κ1) is 27.3. The summed E-state index contributed by atoms with van der Waals surface area (Å²) in [4.78, 5) is 37.1. The molecule has 39 heavy (non-hydrogen) atoms. The Bertz CT molecular complexity index is 1520. The zero-order valence-corrected chi connectivity index (χ0v) is 22.3. The van der Waals surface area contributed by atoms with E-state index in [-0.39, 0.29) is 11.2 Å². The smallest absolute Gasteiger partial charge is 0.412 e. The summed E-state index contributed by atoms with van der Waals surface area (Å²) >= 11 is 0. The normalized spacial score (nSPS) is 12.4. The maximum atomic E-state index is 13.0. The van der Waals surface area contributed by atoms with Crippen molar-refractivity contribution in [1.82, 2.24) is 9.36 Å². The number of nitrogens with zero attached hydrogens (tertiary/aromatic N) is 2. The maximum Gasteiger partial charge on any atom is 0.412 e. The number of hydrogen-bond donors (Lipinski definition) is 3. The van der Waals surface area contributed by atoms with Gasteiger partial charge in [0.2, 0.25) is 0 Å². The van der Waals surface area contributed by atoms with E-state index in [1.807, 2.05) is 72.8 Å². The topological polar surface area (TPSA) is 115 Å². The molecule has 3 aromatic carbocycles. The van der Waals surface area contributed by atoms with Crippen LogP contribution in [-0.4, -0.2) is 26.5 Å². The molecule has 202 valence electrons. The van der Waals surface area contributed by atoms with Crippen LogP contribution in [0.2, 0.25) is 0 Å². The Morgan fingerprint density at radius 1 is 0.897 bits per heavy atom. The Kier molecular flexibility index (Phi) is 8.19. The molecule has 0 bridgehead atoms. The summed E-state index contributed by atoms with van der Waals surface area (Å²) in [6, 6.07) is 24.3. The van der Waals surface area contributed by atoms with Crippen molar-refractivity contribution in [3.8, 4) is 11.3 Å². The quantitative estimate of drug-likeness (QED) is 0.264. The SMILES string of the molecule is CC(OC(=O)Nc1c(-c2ccc(CNc3ccccc3C(C)C(=O)O)cc2)n(C)n(C)c1=O)c1ccccc1. The molecule has 0 fully saturated rings. The number of hydrogen-bond acceptors (Lipinski definition) is 5. The van der Waals surface area contributed by atoms with Gasteiger partial charge in [0, 0.05) is 31.9 Å². The molecule has 0 spiro atoms. The Hall–Kier alpha value is -4.79. The number of aromatic nitrogens is 2. The first-order chi connectivity index (χ1) is 18.7. The summed E-state index contributed by atoms with van der Waals surface area (Å²) in [6.07, 6.45) is -1.21. The minimum atomic E-state index is -0.884. The lowest BCUT2D eigenvalue weighted by Crippen LogP contribution is -2.22. The third-order valence-corrected chi connectivity index (χ3v) is 6.81. The average Bonchev–Trinajstić information content (AvgIpc) is 3.15. The van der Waals surface area contributed by atoms with Crippen LogP contribution in [0.25, 0.3) is 11.3 Å². The lowest BCUT2D eigenvalue weighted by atomic mass is 9.99. The van der Waals surface area contributed by atoms with Crippen LogP contribution < -0.4 is 16.2 Å². The lowest BCUT2D eigenvalue weighted by Gasteiger charge is -2.15. The zero-order valence-electron chi connectivity index (χ0n) is 22.3. The van der Waals surface area contributed by atoms with E-state index in [1.165, 1.54) is 4.68 Å². The number of carbonyl (C=O) groups excluding carboxylic acids is 1. The van der Waals surface area contributed by atoms with Crippen molar-refractivity contribution in [2.45, 2.75) is 32.4 Å². The van der Waals surface area contributed by atoms with Crippen LogP contribution >= 0.6 is 0 Å². The molecule has 1 aromatic heterocycles. The fraction of sp³-hybridized carbons (Fsp3) is 0.233. The molecule has 4 rings (SSSR count). The molecular formula is C30H32N4O5. The molecule has 3 N–H and O–H groups in total. The molecule has 4 aromatic rings. The van der Waals surface area contributed by atoms with Crippen molar-refractivity contribution in [1.29, 1.82) is 0 Å². The van der Waals surface area contributed by atoms with Crippen molar-refractivity contribution in [3.05, 3.63) is 106 Å². The number of amides is 1. The molecule has 2 atom stereocenters. The second-order valence-corrected chi connectivity index (χ2v) is 9.36. The first-order valence-electron chi connectivity index (χ1n) is 12.6. The van der Waals surface area contributed by atoms with Gasteiger partial charge in [0.05, 0.1) is 11.6 Å². The van der Waals surface area contributed by atoms with Gasteiger partial charge in [-0.25, -0.2) is 4.79 Å². The number of carbonyl (C=O) groups is 2. The highest BCUT2D eigenvalue weighted by molar-refractivity contribution is 5.90. The predicted molar refractivity (Wildman–Crippen MR) is 151 cm³/mol. The Morgan fingerprint density at radius 2 is 1.54 bits per heavy atom. The lowest BCUT2D eigenvalue weighted by molar-refractivity contribution is -0.138. The third-order valence-electron chi connectivity index (χ3n) is 6.81. The van der Waals surface area contributed by atoms with Gasteiger partial charge in [-0.3, -0.25) is 24.3 Å². The standard InChI is InChI=1S/C30H32N4O5/c1-19(29(36)37)24-12-8-9-13-25(24)31-18-21-14-16-23(17-15-21)27-26(28(35)34(4)33(27)3)32-30(38)39-20(2)22-10-6-5-7-11-22/h5-17,19-20,31H,18H2,1-4H3,(H,32,38)(H,36,37). The van der Waals surface area contributed by atoms with E-state index in [0.717, 1.165) is 22.4 Å². The van der Waals surface area contributed by atoms with Gasteiger partial charge in [-0.1, -0.05) is 72.8 Å². The molecule has 1 amide bonds. The average molecular weight is 529 g/mol. The van der Waals surface area contributed by atoms with Crippen LogP contribution in [-0.2, 0) is 30.2 Å². The largest absolute Gasteiger partial charge is 0.481 e. The highest BCUT2D eigenvalue weighted by atomic mass is 16.6. The molecular weight excluding hydrogens is 496 g/mol. The molecule has 0 radical (unpaired) electrons. The van der Waals surface area contributed by atoms with Gasteiger partial charge in [-0.05, 0) is 36.6 Å². The fourth-order valence-electron chi connectivity index (χ4n) is 4.39. The molecule has 0 aliphatic heterocycles. The minimum absolute atomic E-state index is 0.132. The first-order valence-corrected chi connectivity index (χ1v) is 12.6. The fourth-order valence-corrected chi connectivity index (χ4v) is 4.39. The van der Waals surface area contributed by atoms with Gasteiger partial charge < -0.3 is 15.2 Å². The molecule has 1 heterocycles. The molecule has 2 unspecified atom stereocenters. The summed E-state index contributed by atoms with van der Waals surface area (Å²) < 4.78 is 8.61. The van der Waals surface area contributed by atoms with Gasteiger partial charge in [0.1, 0.15) is 11.8 Å². The second kappa shape index (κ2) is 11.7. The summed E-state index contributed by atoms with van der Waals surface area (Å²) in [5.41, 5.74) is 4.35. The van der Waals surface area contributed by atoms with Crippen molar-refractivity contribution in [2.24, 2.45) is 14.1 Å². The number of ether oxygens (including phenoxy) is 1. The van der Waals surface area contributed by atoms with Gasteiger partial charge in [0.15, 0.2) is 0 Å². The Labute approximate surface area is 226 Å².